The summed E-state index contributed by atoms with van der Waals surface area (Å²) in [5.41, 5.74) is 0. The largest absolute Gasteiger partial charge is 0.254 e. The van der Waals surface area contributed by atoms with E-state index in [2.05, 4.69) is 7.12 Å². The third-order valence-electron chi connectivity index (χ3n) is 0.402. The fraction of sp³-hybridized carbons (Fsp3) is 1.00. The van der Waals surface area contributed by atoms with Crippen molar-refractivity contribution in [2.45, 2.75) is 6.92 Å². The Labute approximate surface area is 38.8 Å². The zero-order valence-electron chi connectivity index (χ0n) is 3.51. The van der Waals surface area contributed by atoms with Crippen molar-refractivity contribution in [3.05, 3.63) is 0 Å². The first-order valence-corrected chi connectivity index (χ1v) is 3.28. The Morgan fingerprint density at radius 3 is 1.83 bits per heavy atom. The van der Waals surface area contributed by atoms with Gasteiger partial charge in [-0.3, -0.25) is 0 Å². The van der Waals surface area contributed by atoms with E-state index in [0.29, 0.717) is 0 Å². The molecule has 0 aromatic rings. The SMILES string of the molecule is [B]S(=O)(=O)CC. The predicted molar refractivity (Wildman–Crippen MR) is 25.2 cm³/mol. The summed E-state index contributed by atoms with van der Waals surface area (Å²) in [7, 11) is 1.34. The smallest absolute Gasteiger partial charge is 0.243 e. The average Bonchev–Trinajstić information content (AvgIpc) is 1.35. The van der Waals surface area contributed by atoms with Crippen molar-refractivity contribution in [1.82, 2.24) is 0 Å². The van der Waals surface area contributed by atoms with E-state index in [-0.39, 0.29) is 5.75 Å². The minimum absolute atomic E-state index is 0.0208. The van der Waals surface area contributed by atoms with E-state index in [0.717, 1.165) is 0 Å². The van der Waals surface area contributed by atoms with Crippen molar-refractivity contribution in [1.29, 1.82) is 0 Å². The van der Waals surface area contributed by atoms with Gasteiger partial charge >= 0.3 is 0 Å². The molecule has 0 saturated carbocycles. The highest BCUT2D eigenvalue weighted by Crippen LogP contribution is 1.73. The number of hydrogen-bond donors (Lipinski definition) is 0. The van der Waals surface area contributed by atoms with Crippen molar-refractivity contribution in [3.63, 3.8) is 0 Å². The minimum Gasteiger partial charge on any atom is -0.243 e. The normalized spacial score (nSPS) is 11.5. The molecule has 0 saturated heterocycles. The summed E-state index contributed by atoms with van der Waals surface area (Å²) in [5.74, 6) is 0.0208. The molecule has 0 spiro atoms. The monoisotopic (exact) mass is 104 g/mol. The van der Waals surface area contributed by atoms with Crippen molar-refractivity contribution in [3.8, 4) is 0 Å². The third kappa shape index (κ3) is 4.01. The molecule has 0 atom stereocenters. The Morgan fingerprint density at radius 1 is 1.67 bits per heavy atom. The van der Waals surface area contributed by atoms with Gasteiger partial charge in [0, 0.05) is 5.75 Å². The van der Waals surface area contributed by atoms with E-state index in [1.54, 1.807) is 0 Å². The fourth-order valence-electron chi connectivity index (χ4n) is 0. The van der Waals surface area contributed by atoms with Gasteiger partial charge in [0.2, 0.25) is 0 Å². The van der Waals surface area contributed by atoms with Gasteiger partial charge in [0.25, 0.3) is 7.12 Å². The van der Waals surface area contributed by atoms with E-state index >= 15 is 0 Å². The van der Waals surface area contributed by atoms with Crippen molar-refractivity contribution < 1.29 is 8.42 Å². The van der Waals surface area contributed by atoms with Crippen LogP contribution in [0.2, 0.25) is 0 Å². The van der Waals surface area contributed by atoms with Gasteiger partial charge in [-0.1, -0.05) is 6.92 Å². The van der Waals surface area contributed by atoms with Crippen LogP contribution < -0.4 is 0 Å². The predicted octanol–water partition coefficient (Wildman–Crippen LogP) is -0.495. The maximum atomic E-state index is 9.78. The van der Waals surface area contributed by atoms with E-state index in [9.17, 15) is 8.42 Å². The van der Waals surface area contributed by atoms with Gasteiger partial charge < -0.3 is 0 Å². The van der Waals surface area contributed by atoms with E-state index < -0.39 is 9.69 Å². The lowest BCUT2D eigenvalue weighted by atomic mass is 10.8. The van der Waals surface area contributed by atoms with Crippen LogP contribution >= 0.6 is 0 Å². The van der Waals surface area contributed by atoms with Gasteiger partial charge in [-0.25, -0.2) is 8.42 Å². The molecule has 0 aliphatic carbocycles. The van der Waals surface area contributed by atoms with Crippen molar-refractivity contribution in [2.75, 3.05) is 5.75 Å². The Morgan fingerprint density at radius 2 is 1.83 bits per heavy atom. The molecule has 0 N–H and O–H groups in total. The molecule has 6 heavy (non-hydrogen) atoms. The highest BCUT2D eigenvalue weighted by atomic mass is 32.2. The molecule has 0 aromatic carbocycles. The summed E-state index contributed by atoms with van der Waals surface area (Å²) in [6.45, 7) is 1.50. The van der Waals surface area contributed by atoms with Gasteiger partial charge in [0.1, 0.15) is 0 Å². The average molecular weight is 104 g/mol. The van der Waals surface area contributed by atoms with Crippen LogP contribution in [0.3, 0.4) is 0 Å². The lowest BCUT2D eigenvalue weighted by molar-refractivity contribution is 0.610. The molecule has 4 heteroatoms. The molecule has 0 fully saturated rings. The van der Waals surface area contributed by atoms with Gasteiger partial charge in [-0.15, -0.1) is 0 Å². The summed E-state index contributed by atoms with van der Waals surface area (Å²) in [6.07, 6.45) is 0. The van der Waals surface area contributed by atoms with E-state index in [1.165, 1.54) is 6.92 Å². The molecular weight excluding hydrogens is 98.9 g/mol. The van der Waals surface area contributed by atoms with Crippen LogP contribution in [0.25, 0.3) is 0 Å². The summed E-state index contributed by atoms with van der Waals surface area (Å²) in [4.78, 5) is 0. The first-order chi connectivity index (χ1) is 2.56. The zero-order valence-corrected chi connectivity index (χ0v) is 4.33. The summed E-state index contributed by atoms with van der Waals surface area (Å²) < 4.78 is 19.6. The maximum absolute atomic E-state index is 9.78. The van der Waals surface area contributed by atoms with E-state index in [4.69, 9.17) is 0 Å². The molecule has 2 radical (unpaired) electrons. The Hall–Kier alpha value is 0.0149. The van der Waals surface area contributed by atoms with Crippen LogP contribution in [0.5, 0.6) is 0 Å². The van der Waals surface area contributed by atoms with Crippen LogP contribution in [0.1, 0.15) is 6.92 Å². The molecule has 0 aliphatic rings. The standard InChI is InChI=1S/C2H5BO2S/c1-2-6(3,4)5/h2H2,1H3. The molecular formula is C2H5BO2S. The van der Waals surface area contributed by atoms with Gasteiger partial charge in [-0.05, 0) is 0 Å². The van der Waals surface area contributed by atoms with Gasteiger partial charge in [0.15, 0.2) is 0 Å². The quantitative estimate of drug-likeness (QED) is 0.420. The number of rotatable bonds is 1. The molecule has 0 aliphatic heterocycles. The van der Waals surface area contributed by atoms with Crippen molar-refractivity contribution >= 4 is 16.8 Å². The first kappa shape index (κ1) is 6.01. The second-order valence-electron chi connectivity index (χ2n) is 0.952. The van der Waals surface area contributed by atoms with Gasteiger partial charge in [0.05, 0.1) is 9.69 Å². The first-order valence-electron chi connectivity index (χ1n) is 1.56. The van der Waals surface area contributed by atoms with Crippen LogP contribution in [-0.2, 0) is 9.69 Å². The second-order valence-corrected chi connectivity index (χ2v) is 2.85. The van der Waals surface area contributed by atoms with Crippen LogP contribution in [0, 0.1) is 0 Å². The number of hydrogen-bond acceptors (Lipinski definition) is 2. The lowest BCUT2D eigenvalue weighted by Gasteiger charge is -1.81. The molecule has 34 valence electrons. The lowest BCUT2D eigenvalue weighted by Crippen LogP contribution is -1.99. The minimum atomic E-state index is -3.16. The molecule has 0 amide bonds. The van der Waals surface area contributed by atoms with Crippen molar-refractivity contribution in [2.24, 2.45) is 0 Å². The zero-order chi connectivity index (χ0) is 5.21. The Bertz CT molecular complexity index is 114. The summed E-state index contributed by atoms with van der Waals surface area (Å²) >= 11 is 0. The topological polar surface area (TPSA) is 34.1 Å². The fourth-order valence-corrected chi connectivity index (χ4v) is 0. The Balaban J connectivity index is 3.85. The summed E-state index contributed by atoms with van der Waals surface area (Å²) in [5, 5.41) is 0. The highest BCUT2D eigenvalue weighted by Gasteiger charge is 1.90. The molecule has 0 heterocycles. The molecule has 0 bridgehead atoms. The Kier molecular flexibility index (Phi) is 1.65. The highest BCUT2D eigenvalue weighted by molar-refractivity contribution is 8.12. The molecule has 0 unspecified atom stereocenters. The molecule has 0 rings (SSSR count). The summed E-state index contributed by atoms with van der Waals surface area (Å²) in [6, 6.07) is 0. The second kappa shape index (κ2) is 1.64. The van der Waals surface area contributed by atoms with Gasteiger partial charge in [-0.2, -0.15) is 0 Å². The van der Waals surface area contributed by atoms with E-state index in [1.807, 2.05) is 0 Å². The maximum Gasteiger partial charge on any atom is 0.254 e. The molecule has 0 aromatic heterocycles. The van der Waals surface area contributed by atoms with Crippen LogP contribution in [0.15, 0.2) is 0 Å². The van der Waals surface area contributed by atoms with Crippen LogP contribution in [-0.4, -0.2) is 21.3 Å². The van der Waals surface area contributed by atoms with Crippen LogP contribution in [0.4, 0.5) is 0 Å². The third-order valence-corrected chi connectivity index (χ3v) is 1.21. The molecule has 2 nitrogen and oxygen atoms in total.